The van der Waals surface area contributed by atoms with Crippen LogP contribution in [0, 0.1) is 0 Å². The molecular weight excluding hydrogens is 290 g/mol. The molecule has 24 heavy (non-hydrogen) atoms. The lowest BCUT2D eigenvalue weighted by Crippen LogP contribution is -2.28. The average molecular weight is 334 g/mol. The van der Waals surface area contributed by atoms with Crippen molar-refractivity contribution in [2.75, 3.05) is 0 Å². The minimum absolute atomic E-state index is 0.626. The Morgan fingerprint density at radius 1 is 0.750 bits per heavy atom. The predicted molar refractivity (Wildman–Crippen MR) is 111 cm³/mol. The molecule has 0 fully saturated rings. The average Bonchev–Trinajstić information content (AvgIpc) is 2.59. The molecule has 0 atom stereocenters. The van der Waals surface area contributed by atoms with Crippen LogP contribution in [0.15, 0.2) is 36.1 Å². The zero-order chi connectivity index (χ0) is 17.9. The van der Waals surface area contributed by atoms with Crippen LogP contribution in [-0.2, 0) is 0 Å². The molecule has 1 N–H and O–H groups in total. The van der Waals surface area contributed by atoms with Crippen LogP contribution in [0.1, 0.15) is 105 Å². The van der Waals surface area contributed by atoms with Crippen molar-refractivity contribution < 1.29 is 0 Å². The molecule has 0 spiro atoms. The molecule has 0 rings (SSSR count). The van der Waals surface area contributed by atoms with Gasteiger partial charge in [-0.25, -0.2) is 0 Å². The van der Waals surface area contributed by atoms with E-state index in [0.29, 0.717) is 6.04 Å². The van der Waals surface area contributed by atoms with E-state index in [-0.39, 0.29) is 0 Å². The summed E-state index contributed by atoms with van der Waals surface area (Å²) in [6, 6.07) is 0.626. The second-order valence-electron chi connectivity index (χ2n) is 6.89. The van der Waals surface area contributed by atoms with E-state index in [9.17, 15) is 0 Å². The van der Waals surface area contributed by atoms with E-state index in [4.69, 9.17) is 0 Å². The molecule has 1 nitrogen and oxygen atoms in total. The van der Waals surface area contributed by atoms with Gasteiger partial charge in [-0.05, 0) is 38.8 Å². The Morgan fingerprint density at radius 2 is 1.29 bits per heavy atom. The summed E-state index contributed by atoms with van der Waals surface area (Å²) >= 11 is 0. The van der Waals surface area contributed by atoms with Crippen molar-refractivity contribution in [1.29, 1.82) is 0 Å². The van der Waals surface area contributed by atoms with Crippen LogP contribution in [0.5, 0.6) is 0 Å². The lowest BCUT2D eigenvalue weighted by atomic mass is 10.00. The Morgan fingerprint density at radius 3 is 1.75 bits per heavy atom. The molecule has 0 aromatic heterocycles. The molecule has 1 heteroatoms. The van der Waals surface area contributed by atoms with Gasteiger partial charge in [-0.2, -0.15) is 0 Å². The molecule has 0 aliphatic carbocycles. The first-order valence-corrected chi connectivity index (χ1v) is 10.5. The Balaban J connectivity index is 4.40. The van der Waals surface area contributed by atoms with Gasteiger partial charge in [0.25, 0.3) is 0 Å². The summed E-state index contributed by atoms with van der Waals surface area (Å²) in [5.41, 5.74) is 1.25. The Hall–Kier alpha value is -0.980. The Kier molecular flexibility index (Phi) is 17.6. The molecule has 0 heterocycles. The first-order chi connectivity index (χ1) is 11.8. The molecule has 0 amide bonds. The smallest absolute Gasteiger partial charge is 0.0338 e. The molecule has 0 saturated heterocycles. The number of rotatable bonds is 16. The summed E-state index contributed by atoms with van der Waals surface area (Å²) in [6.45, 7) is 8.74. The Labute approximate surface area is 152 Å². The fourth-order valence-corrected chi connectivity index (χ4v) is 3.04. The van der Waals surface area contributed by atoms with E-state index in [1.165, 1.54) is 82.7 Å². The van der Waals surface area contributed by atoms with Crippen molar-refractivity contribution in [3.63, 3.8) is 0 Å². The first kappa shape index (κ1) is 23.0. The van der Waals surface area contributed by atoms with Crippen molar-refractivity contribution in [2.45, 2.75) is 111 Å². The number of unbranched alkanes of at least 4 members (excludes halogenated alkanes) is 8. The third-order valence-electron chi connectivity index (χ3n) is 4.50. The predicted octanol–water partition coefficient (Wildman–Crippen LogP) is 7.70. The van der Waals surface area contributed by atoms with Gasteiger partial charge in [-0.3, -0.25) is 0 Å². The molecule has 0 aliphatic heterocycles. The lowest BCUT2D eigenvalue weighted by Gasteiger charge is -2.21. The van der Waals surface area contributed by atoms with Crippen LogP contribution in [0.25, 0.3) is 0 Å². The second kappa shape index (κ2) is 18.4. The third kappa shape index (κ3) is 14.6. The van der Waals surface area contributed by atoms with E-state index in [1.807, 2.05) is 0 Å². The quantitative estimate of drug-likeness (QED) is 0.225. The minimum atomic E-state index is 0.626. The summed E-state index contributed by atoms with van der Waals surface area (Å²) in [6.07, 6.45) is 27.1. The highest BCUT2D eigenvalue weighted by atomic mass is 14.9. The van der Waals surface area contributed by atoms with Crippen LogP contribution in [0.4, 0.5) is 0 Å². The van der Waals surface area contributed by atoms with E-state index < -0.39 is 0 Å². The molecule has 140 valence electrons. The van der Waals surface area contributed by atoms with Crippen molar-refractivity contribution in [1.82, 2.24) is 5.32 Å². The number of hydrogen-bond acceptors (Lipinski definition) is 1. The fourth-order valence-electron chi connectivity index (χ4n) is 3.04. The van der Waals surface area contributed by atoms with Crippen LogP contribution in [-0.4, -0.2) is 6.04 Å². The van der Waals surface area contributed by atoms with Crippen molar-refractivity contribution >= 4 is 0 Å². The summed E-state index contributed by atoms with van der Waals surface area (Å²) in [7, 11) is 0. The highest BCUT2D eigenvalue weighted by Crippen LogP contribution is 2.15. The highest BCUT2D eigenvalue weighted by Gasteiger charge is 2.08. The van der Waals surface area contributed by atoms with E-state index in [0.717, 1.165) is 0 Å². The summed E-state index contributed by atoms with van der Waals surface area (Å²) in [5.74, 6) is 0. The van der Waals surface area contributed by atoms with Gasteiger partial charge in [0.1, 0.15) is 0 Å². The van der Waals surface area contributed by atoms with Gasteiger partial charge in [0.15, 0.2) is 0 Å². The molecular formula is C23H43N. The monoisotopic (exact) mass is 333 g/mol. The maximum Gasteiger partial charge on any atom is 0.0338 e. The van der Waals surface area contributed by atoms with Gasteiger partial charge in [-0.15, -0.1) is 0 Å². The molecule has 0 saturated carbocycles. The molecule has 0 bridgehead atoms. The van der Waals surface area contributed by atoms with Gasteiger partial charge in [0.2, 0.25) is 0 Å². The van der Waals surface area contributed by atoms with Gasteiger partial charge in [-0.1, -0.05) is 96.3 Å². The van der Waals surface area contributed by atoms with Gasteiger partial charge < -0.3 is 5.32 Å². The van der Waals surface area contributed by atoms with Gasteiger partial charge >= 0.3 is 0 Å². The third-order valence-corrected chi connectivity index (χ3v) is 4.50. The minimum Gasteiger partial charge on any atom is -0.382 e. The van der Waals surface area contributed by atoms with Gasteiger partial charge in [0, 0.05) is 11.7 Å². The standard InChI is InChI=1S/C23H43N/c1-5-9-12-14-16-20-23(21-17-15-13-10-6-2)24-22(18-8-4)19-11-7-3/h7-8,11,18-19,23-24H,5-6,9-10,12-17,20-21H2,1-4H3/b11-7-,18-8-,22-19+. The van der Waals surface area contributed by atoms with Crippen LogP contribution < -0.4 is 5.32 Å². The molecule has 0 aliphatic rings. The van der Waals surface area contributed by atoms with Crippen molar-refractivity contribution in [2.24, 2.45) is 0 Å². The lowest BCUT2D eigenvalue weighted by molar-refractivity contribution is 0.443. The fraction of sp³-hybridized carbons (Fsp3) is 0.739. The number of hydrogen-bond donors (Lipinski definition) is 1. The summed E-state index contributed by atoms with van der Waals surface area (Å²) in [5, 5.41) is 3.79. The topological polar surface area (TPSA) is 12.0 Å². The summed E-state index contributed by atoms with van der Waals surface area (Å²) < 4.78 is 0. The molecule has 0 radical (unpaired) electrons. The van der Waals surface area contributed by atoms with Gasteiger partial charge in [0.05, 0.1) is 0 Å². The normalized spacial score (nSPS) is 12.8. The summed E-state index contributed by atoms with van der Waals surface area (Å²) in [4.78, 5) is 0. The maximum absolute atomic E-state index is 3.79. The zero-order valence-electron chi connectivity index (χ0n) is 16.9. The second-order valence-corrected chi connectivity index (χ2v) is 6.89. The highest BCUT2D eigenvalue weighted by molar-refractivity contribution is 5.22. The molecule has 0 aromatic rings. The molecule has 0 unspecified atom stereocenters. The first-order valence-electron chi connectivity index (χ1n) is 10.5. The largest absolute Gasteiger partial charge is 0.382 e. The van der Waals surface area contributed by atoms with Crippen LogP contribution in [0.2, 0.25) is 0 Å². The zero-order valence-corrected chi connectivity index (χ0v) is 16.9. The van der Waals surface area contributed by atoms with Crippen molar-refractivity contribution in [3.05, 3.63) is 36.1 Å². The Bertz CT molecular complexity index is 324. The maximum atomic E-state index is 3.79. The van der Waals surface area contributed by atoms with E-state index in [1.54, 1.807) is 0 Å². The number of allylic oxidation sites excluding steroid dienone is 5. The van der Waals surface area contributed by atoms with Crippen molar-refractivity contribution in [3.8, 4) is 0 Å². The SMILES string of the molecule is C\C=C/C=C(\C=C/C)NC(CCCCCCC)CCCCCCC. The number of nitrogens with one attached hydrogen (secondary N) is 1. The van der Waals surface area contributed by atoms with Crippen LogP contribution in [0.3, 0.4) is 0 Å². The van der Waals surface area contributed by atoms with E-state index >= 15 is 0 Å². The molecule has 0 aromatic carbocycles. The van der Waals surface area contributed by atoms with Crippen LogP contribution >= 0.6 is 0 Å². The van der Waals surface area contributed by atoms with E-state index in [2.05, 4.69) is 63.4 Å².